The van der Waals surface area contributed by atoms with Crippen LogP contribution in [0.25, 0.3) is 11.4 Å². The standard InChI is InChI=1S/C9H8N4O/c1-6-8(12-13-9(14)11-6)7-4-2-3-5-10-7/h2-5H,1H3,(H,11,13,14). The van der Waals surface area contributed by atoms with E-state index in [4.69, 9.17) is 0 Å². The van der Waals surface area contributed by atoms with Crippen molar-refractivity contribution in [3.8, 4) is 11.4 Å². The molecule has 0 saturated carbocycles. The molecular weight excluding hydrogens is 180 g/mol. The predicted octanol–water partition coefficient (Wildman–Crippen LogP) is 0.535. The molecule has 0 aliphatic rings. The van der Waals surface area contributed by atoms with Crippen LogP contribution < -0.4 is 5.69 Å². The third-order valence-corrected chi connectivity index (χ3v) is 1.78. The van der Waals surface area contributed by atoms with Gasteiger partial charge in [0.2, 0.25) is 0 Å². The van der Waals surface area contributed by atoms with Gasteiger partial charge >= 0.3 is 5.69 Å². The lowest BCUT2D eigenvalue weighted by Crippen LogP contribution is -2.14. The minimum absolute atomic E-state index is 0.442. The first-order valence-electron chi connectivity index (χ1n) is 4.12. The number of rotatable bonds is 1. The Labute approximate surface area is 79.9 Å². The van der Waals surface area contributed by atoms with Gasteiger partial charge in [0, 0.05) is 6.20 Å². The van der Waals surface area contributed by atoms with Crippen LogP contribution in [-0.4, -0.2) is 20.2 Å². The highest BCUT2D eigenvalue weighted by atomic mass is 16.1. The molecule has 1 N–H and O–H groups in total. The van der Waals surface area contributed by atoms with Crippen molar-refractivity contribution in [3.63, 3.8) is 0 Å². The summed E-state index contributed by atoms with van der Waals surface area (Å²) in [6.45, 7) is 1.73. The third-order valence-electron chi connectivity index (χ3n) is 1.78. The van der Waals surface area contributed by atoms with Gasteiger partial charge in [-0.2, -0.15) is 10.1 Å². The van der Waals surface area contributed by atoms with Gasteiger partial charge in [-0.15, -0.1) is 0 Å². The molecular formula is C9H8N4O. The lowest BCUT2D eigenvalue weighted by molar-refractivity contribution is 0.891. The Morgan fingerprint density at radius 3 is 2.86 bits per heavy atom. The van der Waals surface area contributed by atoms with Crippen LogP contribution in [0.4, 0.5) is 0 Å². The predicted molar refractivity (Wildman–Crippen MR) is 50.6 cm³/mol. The van der Waals surface area contributed by atoms with Gasteiger partial charge in [0.15, 0.2) is 0 Å². The van der Waals surface area contributed by atoms with E-state index in [9.17, 15) is 4.79 Å². The summed E-state index contributed by atoms with van der Waals surface area (Å²) in [5.74, 6) is 0. The maximum atomic E-state index is 10.8. The van der Waals surface area contributed by atoms with E-state index in [1.165, 1.54) is 0 Å². The smallest absolute Gasteiger partial charge is 0.254 e. The van der Waals surface area contributed by atoms with Crippen molar-refractivity contribution in [1.29, 1.82) is 0 Å². The summed E-state index contributed by atoms with van der Waals surface area (Å²) < 4.78 is 0. The summed E-state index contributed by atoms with van der Waals surface area (Å²) in [5, 5.41) is 6.17. The molecule has 5 heteroatoms. The highest BCUT2D eigenvalue weighted by molar-refractivity contribution is 5.55. The number of nitrogens with zero attached hydrogens (tertiary/aromatic N) is 3. The molecule has 0 unspecified atom stereocenters. The van der Waals surface area contributed by atoms with Gasteiger partial charge in [0.25, 0.3) is 0 Å². The maximum Gasteiger partial charge on any atom is 0.361 e. The molecule has 0 atom stereocenters. The van der Waals surface area contributed by atoms with E-state index >= 15 is 0 Å². The normalized spacial score (nSPS) is 10.1. The molecule has 0 aliphatic heterocycles. The molecule has 2 aromatic heterocycles. The fourth-order valence-electron chi connectivity index (χ4n) is 1.16. The molecule has 0 aliphatic carbocycles. The van der Waals surface area contributed by atoms with Crippen LogP contribution in [0.15, 0.2) is 29.2 Å². The minimum Gasteiger partial charge on any atom is -0.254 e. The zero-order valence-corrected chi connectivity index (χ0v) is 7.56. The van der Waals surface area contributed by atoms with Crippen molar-refractivity contribution < 1.29 is 0 Å². The maximum absolute atomic E-state index is 10.8. The average Bonchev–Trinajstić information content (AvgIpc) is 2.19. The Hall–Kier alpha value is -2.04. The van der Waals surface area contributed by atoms with E-state index in [1.807, 2.05) is 18.2 Å². The van der Waals surface area contributed by atoms with Crippen molar-refractivity contribution in [2.75, 3.05) is 0 Å². The van der Waals surface area contributed by atoms with Gasteiger partial charge in [0.1, 0.15) is 5.69 Å². The molecule has 2 heterocycles. The Kier molecular flexibility index (Phi) is 2.06. The van der Waals surface area contributed by atoms with Crippen molar-refractivity contribution >= 4 is 0 Å². The number of nitrogens with one attached hydrogen (secondary N) is 1. The van der Waals surface area contributed by atoms with E-state index in [2.05, 4.69) is 20.2 Å². The van der Waals surface area contributed by atoms with Crippen molar-refractivity contribution in [2.45, 2.75) is 6.92 Å². The van der Waals surface area contributed by atoms with Gasteiger partial charge in [-0.05, 0) is 19.1 Å². The lowest BCUT2D eigenvalue weighted by Gasteiger charge is -2.00. The van der Waals surface area contributed by atoms with Crippen molar-refractivity contribution in [1.82, 2.24) is 20.2 Å². The summed E-state index contributed by atoms with van der Waals surface area (Å²) in [7, 11) is 0. The van der Waals surface area contributed by atoms with Crippen LogP contribution in [0.5, 0.6) is 0 Å². The average molecular weight is 188 g/mol. The summed E-state index contributed by atoms with van der Waals surface area (Å²) in [6, 6.07) is 5.49. The van der Waals surface area contributed by atoms with Crippen LogP contribution in [0.3, 0.4) is 0 Å². The van der Waals surface area contributed by atoms with Crippen LogP contribution in [0, 0.1) is 6.92 Å². The summed E-state index contributed by atoms with van der Waals surface area (Å²) in [4.78, 5) is 18.7. The molecule has 5 nitrogen and oxygen atoms in total. The second-order valence-corrected chi connectivity index (χ2v) is 2.79. The molecule has 0 radical (unpaired) electrons. The van der Waals surface area contributed by atoms with Crippen molar-refractivity contribution in [3.05, 3.63) is 40.6 Å². The van der Waals surface area contributed by atoms with E-state index in [0.717, 1.165) is 0 Å². The highest BCUT2D eigenvalue weighted by Crippen LogP contribution is 2.13. The summed E-state index contributed by atoms with van der Waals surface area (Å²) in [6.07, 6.45) is 1.67. The van der Waals surface area contributed by atoms with E-state index in [-0.39, 0.29) is 0 Å². The number of aromatic amines is 1. The largest absolute Gasteiger partial charge is 0.361 e. The minimum atomic E-state index is -0.442. The van der Waals surface area contributed by atoms with Crippen molar-refractivity contribution in [2.24, 2.45) is 0 Å². The number of hydrogen-bond acceptors (Lipinski definition) is 4. The molecule has 0 aromatic carbocycles. The topological polar surface area (TPSA) is 71.5 Å². The molecule has 14 heavy (non-hydrogen) atoms. The molecule has 2 rings (SSSR count). The molecule has 0 spiro atoms. The van der Waals surface area contributed by atoms with Crippen LogP contribution in [0.1, 0.15) is 5.69 Å². The van der Waals surface area contributed by atoms with Crippen LogP contribution >= 0.6 is 0 Å². The quantitative estimate of drug-likeness (QED) is 0.708. The second kappa shape index (κ2) is 3.37. The fraction of sp³-hybridized carbons (Fsp3) is 0.111. The van der Waals surface area contributed by atoms with E-state index < -0.39 is 5.69 Å². The zero-order valence-electron chi connectivity index (χ0n) is 7.56. The van der Waals surface area contributed by atoms with Gasteiger partial charge in [-0.1, -0.05) is 6.07 Å². The van der Waals surface area contributed by atoms with Gasteiger partial charge in [0.05, 0.1) is 11.4 Å². The van der Waals surface area contributed by atoms with E-state index in [1.54, 1.807) is 13.1 Å². The van der Waals surface area contributed by atoms with E-state index in [0.29, 0.717) is 17.1 Å². The van der Waals surface area contributed by atoms with Gasteiger partial charge in [-0.25, -0.2) is 9.89 Å². The molecule has 0 saturated heterocycles. The Morgan fingerprint density at radius 1 is 1.36 bits per heavy atom. The molecule has 0 fully saturated rings. The number of hydrogen-bond donors (Lipinski definition) is 1. The SMILES string of the molecule is Cc1nc(=O)[nH]nc1-c1ccccn1. The first kappa shape index (κ1) is 8.55. The molecule has 70 valence electrons. The molecule has 0 bridgehead atoms. The number of pyridine rings is 1. The van der Waals surface area contributed by atoms with Crippen LogP contribution in [0.2, 0.25) is 0 Å². The Morgan fingerprint density at radius 2 is 2.21 bits per heavy atom. The number of aromatic nitrogens is 4. The second-order valence-electron chi connectivity index (χ2n) is 2.79. The molecule has 0 amide bonds. The monoisotopic (exact) mass is 188 g/mol. The van der Waals surface area contributed by atoms with Crippen LogP contribution in [-0.2, 0) is 0 Å². The summed E-state index contributed by atoms with van der Waals surface area (Å²) in [5.41, 5.74) is 1.44. The Bertz CT molecular complexity index is 492. The number of aryl methyl sites for hydroxylation is 1. The fourth-order valence-corrected chi connectivity index (χ4v) is 1.16. The third kappa shape index (κ3) is 1.52. The lowest BCUT2D eigenvalue weighted by atomic mass is 10.2. The summed E-state index contributed by atoms with van der Waals surface area (Å²) >= 11 is 0. The first-order valence-corrected chi connectivity index (χ1v) is 4.12. The van der Waals surface area contributed by atoms with Gasteiger partial charge < -0.3 is 0 Å². The number of H-pyrrole nitrogens is 1. The van der Waals surface area contributed by atoms with Gasteiger partial charge in [-0.3, -0.25) is 4.98 Å². The first-order chi connectivity index (χ1) is 6.77. The zero-order chi connectivity index (χ0) is 9.97. The Balaban J connectivity index is 2.58. The highest BCUT2D eigenvalue weighted by Gasteiger charge is 2.05. The molecule has 2 aromatic rings.